The second kappa shape index (κ2) is 6.55. The average Bonchev–Trinajstić information content (AvgIpc) is 3.04. The van der Waals surface area contributed by atoms with Crippen LogP contribution in [0.15, 0.2) is 36.5 Å². The Kier molecular flexibility index (Phi) is 4.15. The lowest BCUT2D eigenvalue weighted by atomic mass is 10.2. The fraction of sp³-hybridized carbons (Fsp3) is 0.400. The molecule has 1 aliphatic heterocycles. The van der Waals surface area contributed by atoms with Gasteiger partial charge in [-0.05, 0) is 48.6 Å². The van der Waals surface area contributed by atoms with Crippen LogP contribution in [0.25, 0.3) is 11.2 Å². The fourth-order valence-electron chi connectivity index (χ4n) is 4.30. The Balaban J connectivity index is 1.17. The van der Waals surface area contributed by atoms with Crippen molar-refractivity contribution in [3.8, 4) is 0 Å². The molecule has 0 bridgehead atoms. The second-order valence-electron chi connectivity index (χ2n) is 7.61. The third-order valence-corrected chi connectivity index (χ3v) is 6.26. The van der Waals surface area contributed by atoms with Crippen LogP contribution in [0.5, 0.6) is 0 Å². The SMILES string of the molecule is CC(c1nc2ncccc2[nH]1)N1C[C@@H]2C(NCc3ccc(F)c(Cl)c3)[C@@H]2C1. The first-order chi connectivity index (χ1) is 13.1. The monoisotopic (exact) mass is 385 g/mol. The Morgan fingerprint density at radius 2 is 2.15 bits per heavy atom. The number of imidazole rings is 1. The van der Waals surface area contributed by atoms with E-state index in [-0.39, 0.29) is 16.9 Å². The highest BCUT2D eigenvalue weighted by Crippen LogP contribution is 2.47. The van der Waals surface area contributed by atoms with Gasteiger partial charge in [0.1, 0.15) is 11.6 Å². The van der Waals surface area contributed by atoms with Crippen LogP contribution < -0.4 is 5.32 Å². The van der Waals surface area contributed by atoms with Crippen LogP contribution in [-0.2, 0) is 6.54 Å². The Hall–Kier alpha value is -2.02. The van der Waals surface area contributed by atoms with Crippen LogP contribution in [0.4, 0.5) is 4.39 Å². The van der Waals surface area contributed by atoms with Crippen LogP contribution in [0.2, 0.25) is 5.02 Å². The summed E-state index contributed by atoms with van der Waals surface area (Å²) in [7, 11) is 0. The Bertz CT molecular complexity index is 944. The van der Waals surface area contributed by atoms with E-state index in [9.17, 15) is 4.39 Å². The molecule has 1 saturated heterocycles. The summed E-state index contributed by atoms with van der Waals surface area (Å²) < 4.78 is 13.3. The zero-order chi connectivity index (χ0) is 18.5. The molecule has 3 heterocycles. The molecule has 0 radical (unpaired) electrons. The van der Waals surface area contributed by atoms with Crippen molar-refractivity contribution >= 4 is 22.8 Å². The van der Waals surface area contributed by atoms with Gasteiger partial charge in [-0.1, -0.05) is 17.7 Å². The molecule has 3 aromatic rings. The number of aromatic amines is 1. The first kappa shape index (κ1) is 17.1. The van der Waals surface area contributed by atoms with E-state index in [0.29, 0.717) is 17.9 Å². The molecule has 0 spiro atoms. The molecule has 1 saturated carbocycles. The number of pyridine rings is 1. The van der Waals surface area contributed by atoms with Gasteiger partial charge < -0.3 is 10.3 Å². The number of likely N-dealkylation sites (tertiary alicyclic amines) is 1. The Labute approximate surface area is 162 Å². The molecule has 2 N–H and O–H groups in total. The molecule has 1 aliphatic carbocycles. The summed E-state index contributed by atoms with van der Waals surface area (Å²) in [6.07, 6.45) is 1.77. The Morgan fingerprint density at radius 1 is 1.33 bits per heavy atom. The first-order valence-electron chi connectivity index (χ1n) is 9.32. The summed E-state index contributed by atoms with van der Waals surface area (Å²) in [4.78, 5) is 14.8. The molecule has 0 amide bonds. The van der Waals surface area contributed by atoms with Crippen LogP contribution in [0, 0.1) is 17.7 Å². The highest BCUT2D eigenvalue weighted by atomic mass is 35.5. The van der Waals surface area contributed by atoms with E-state index in [0.717, 1.165) is 42.2 Å². The number of H-pyrrole nitrogens is 1. The molecule has 27 heavy (non-hydrogen) atoms. The quantitative estimate of drug-likeness (QED) is 0.705. The molecule has 2 aliphatic rings. The first-order valence-corrected chi connectivity index (χ1v) is 9.70. The zero-order valence-corrected chi connectivity index (χ0v) is 15.7. The predicted octanol–water partition coefficient (Wildman–Crippen LogP) is 3.53. The van der Waals surface area contributed by atoms with E-state index in [1.54, 1.807) is 18.3 Å². The second-order valence-corrected chi connectivity index (χ2v) is 8.02. The van der Waals surface area contributed by atoms with Crippen LogP contribution in [-0.4, -0.2) is 39.0 Å². The summed E-state index contributed by atoms with van der Waals surface area (Å²) in [5.74, 6) is 1.96. The van der Waals surface area contributed by atoms with Crippen molar-refractivity contribution in [3.63, 3.8) is 0 Å². The van der Waals surface area contributed by atoms with Crippen molar-refractivity contribution in [2.24, 2.45) is 11.8 Å². The van der Waals surface area contributed by atoms with Crippen molar-refractivity contribution in [1.29, 1.82) is 0 Å². The minimum Gasteiger partial charge on any atom is -0.339 e. The minimum absolute atomic E-state index is 0.186. The predicted molar refractivity (Wildman–Crippen MR) is 103 cm³/mol. The molecule has 1 aromatic carbocycles. The standard InChI is InChI=1S/C20H21ClFN5/c1-11(19-25-17-3-2-6-23-20(17)26-19)27-9-13-14(10-27)18(13)24-8-12-4-5-16(22)15(21)7-12/h2-7,11,13-14,18,24H,8-10H2,1H3,(H,23,25,26)/t11?,13-,14+,18?. The summed E-state index contributed by atoms with van der Waals surface area (Å²) in [6.45, 7) is 5.06. The maximum atomic E-state index is 13.3. The van der Waals surface area contributed by atoms with E-state index in [4.69, 9.17) is 11.6 Å². The summed E-state index contributed by atoms with van der Waals surface area (Å²) in [5, 5.41) is 3.79. The molecular formula is C20H21ClFN5. The zero-order valence-electron chi connectivity index (χ0n) is 15.0. The summed E-state index contributed by atoms with van der Waals surface area (Å²) in [5.41, 5.74) is 2.79. The highest BCUT2D eigenvalue weighted by molar-refractivity contribution is 6.30. The largest absolute Gasteiger partial charge is 0.339 e. The summed E-state index contributed by atoms with van der Waals surface area (Å²) in [6, 6.07) is 9.64. The third kappa shape index (κ3) is 3.12. The van der Waals surface area contributed by atoms with Gasteiger partial charge in [0.15, 0.2) is 5.65 Å². The minimum atomic E-state index is -0.367. The van der Waals surface area contributed by atoms with Crippen molar-refractivity contribution in [1.82, 2.24) is 25.2 Å². The number of aromatic nitrogens is 3. The number of piperidine rings is 1. The van der Waals surface area contributed by atoms with Gasteiger partial charge in [-0.25, -0.2) is 14.4 Å². The summed E-state index contributed by atoms with van der Waals surface area (Å²) >= 11 is 5.86. The number of fused-ring (bicyclic) bond motifs is 2. The molecule has 5 nitrogen and oxygen atoms in total. The molecule has 2 unspecified atom stereocenters. The smallest absolute Gasteiger partial charge is 0.177 e. The van der Waals surface area contributed by atoms with Gasteiger partial charge >= 0.3 is 0 Å². The molecule has 140 valence electrons. The van der Waals surface area contributed by atoms with E-state index >= 15 is 0 Å². The number of halogens is 2. The third-order valence-electron chi connectivity index (χ3n) is 5.97. The van der Waals surface area contributed by atoms with E-state index in [1.807, 2.05) is 12.1 Å². The van der Waals surface area contributed by atoms with Crippen LogP contribution in [0.3, 0.4) is 0 Å². The van der Waals surface area contributed by atoms with Gasteiger partial charge in [-0.2, -0.15) is 0 Å². The molecular weight excluding hydrogens is 365 g/mol. The van der Waals surface area contributed by atoms with Crippen LogP contribution >= 0.6 is 11.6 Å². The normalized spacial score (nSPS) is 25.7. The van der Waals surface area contributed by atoms with Crippen molar-refractivity contribution < 1.29 is 4.39 Å². The maximum Gasteiger partial charge on any atom is 0.177 e. The van der Waals surface area contributed by atoms with Gasteiger partial charge in [-0.3, -0.25) is 4.90 Å². The number of nitrogens with one attached hydrogen (secondary N) is 2. The van der Waals surface area contributed by atoms with Crippen molar-refractivity contribution in [3.05, 3.63) is 58.8 Å². The number of rotatable bonds is 5. The van der Waals surface area contributed by atoms with Crippen LogP contribution in [0.1, 0.15) is 24.4 Å². The lowest BCUT2D eigenvalue weighted by Crippen LogP contribution is -2.33. The molecule has 2 fully saturated rings. The maximum absolute atomic E-state index is 13.3. The van der Waals surface area contributed by atoms with E-state index in [2.05, 4.69) is 32.1 Å². The Morgan fingerprint density at radius 3 is 2.89 bits per heavy atom. The molecule has 5 rings (SSSR count). The van der Waals surface area contributed by atoms with Crippen molar-refractivity contribution in [2.45, 2.75) is 25.6 Å². The van der Waals surface area contributed by atoms with Gasteiger partial charge in [-0.15, -0.1) is 0 Å². The van der Waals surface area contributed by atoms with Gasteiger partial charge in [0.25, 0.3) is 0 Å². The number of hydrogen-bond donors (Lipinski definition) is 2. The van der Waals surface area contributed by atoms with E-state index in [1.165, 1.54) is 6.07 Å². The number of hydrogen-bond acceptors (Lipinski definition) is 4. The van der Waals surface area contributed by atoms with Crippen molar-refractivity contribution in [2.75, 3.05) is 13.1 Å². The topological polar surface area (TPSA) is 56.8 Å². The van der Waals surface area contributed by atoms with E-state index < -0.39 is 0 Å². The highest BCUT2D eigenvalue weighted by Gasteiger charge is 2.56. The van der Waals surface area contributed by atoms with Gasteiger partial charge in [0, 0.05) is 31.9 Å². The van der Waals surface area contributed by atoms with Gasteiger partial charge in [0.2, 0.25) is 0 Å². The lowest BCUT2D eigenvalue weighted by Gasteiger charge is -2.25. The number of nitrogens with zero attached hydrogens (tertiary/aromatic N) is 3. The van der Waals surface area contributed by atoms with Gasteiger partial charge in [0.05, 0.1) is 16.6 Å². The number of benzene rings is 1. The lowest BCUT2D eigenvalue weighted by molar-refractivity contribution is 0.219. The molecule has 7 heteroatoms. The average molecular weight is 386 g/mol. The molecule has 2 aromatic heterocycles. The fourth-order valence-corrected chi connectivity index (χ4v) is 4.50. The molecule has 4 atom stereocenters.